The molecule has 55 heavy (non-hydrogen) atoms. The normalized spacial score (nSPS) is 30.0. The van der Waals surface area contributed by atoms with Gasteiger partial charge in [-0.1, -0.05) is 63.3 Å². The van der Waals surface area contributed by atoms with Crippen molar-refractivity contribution in [3.63, 3.8) is 0 Å². The minimum absolute atomic E-state index is 0.00373. The number of nitrogens with one attached hydrogen (secondary N) is 2. The average molecular weight is 750 g/mol. The summed E-state index contributed by atoms with van der Waals surface area (Å²) in [5, 5.41) is 51.4. The predicted octanol–water partition coefficient (Wildman–Crippen LogP) is 4.96. The molecule has 6 N–H and O–H groups in total. The first-order valence-electron chi connectivity index (χ1n) is 18.5. The molecule has 0 heterocycles. The van der Waals surface area contributed by atoms with Crippen LogP contribution in [0.25, 0.3) is 0 Å². The summed E-state index contributed by atoms with van der Waals surface area (Å²) in [6.07, 6.45) is 0.630. The Labute approximate surface area is 319 Å². The molecule has 8 unspecified atom stereocenters. The maximum Gasteiger partial charge on any atom is 0.340 e. The third kappa shape index (κ3) is 5.68. The SMILES string of the molecule is CC1=CC23C(=O)C(C=C(CO)C(O)C2(O)C1OC(=O)c1ccccc1NC(=O)c1c(O)cccc1NC(=O)c1ccccc1N(C)C)C1C(CC3C)C1(C)C. The molecule has 0 aromatic heterocycles. The summed E-state index contributed by atoms with van der Waals surface area (Å²) in [6.45, 7) is 7.12. The van der Waals surface area contributed by atoms with Gasteiger partial charge >= 0.3 is 5.97 Å². The number of phenolic OH excluding ortho intramolecular Hbond substituents is 1. The van der Waals surface area contributed by atoms with E-state index in [-0.39, 0.29) is 51.1 Å². The van der Waals surface area contributed by atoms with Gasteiger partial charge in [-0.05, 0) is 84.1 Å². The molecule has 0 saturated heterocycles. The Balaban J connectivity index is 1.18. The number of rotatable bonds is 8. The van der Waals surface area contributed by atoms with Gasteiger partial charge in [0.1, 0.15) is 17.4 Å². The molecule has 0 radical (unpaired) electrons. The molecule has 12 nitrogen and oxygen atoms in total. The number of anilines is 3. The van der Waals surface area contributed by atoms with E-state index in [4.69, 9.17) is 4.74 Å². The number of aromatic hydroxyl groups is 1. The van der Waals surface area contributed by atoms with E-state index in [0.29, 0.717) is 23.2 Å². The fraction of sp³-hybridized carbons (Fsp3) is 0.395. The molecule has 4 aliphatic carbocycles. The Kier molecular flexibility index (Phi) is 9.30. The highest BCUT2D eigenvalue weighted by Gasteiger charge is 2.76. The van der Waals surface area contributed by atoms with Crippen LogP contribution in [0.4, 0.5) is 17.1 Å². The second-order valence-corrected chi connectivity index (χ2v) is 16.2. The molecule has 4 aliphatic rings. The second kappa shape index (κ2) is 13.5. The molecule has 2 amide bonds. The number of para-hydroxylation sites is 2. The monoisotopic (exact) mass is 749 g/mol. The number of hydrogen-bond acceptors (Lipinski definition) is 10. The number of phenols is 1. The number of benzene rings is 3. The number of hydrogen-bond donors (Lipinski definition) is 6. The number of amides is 2. The van der Waals surface area contributed by atoms with Gasteiger partial charge in [-0.2, -0.15) is 0 Å². The number of ketones is 1. The van der Waals surface area contributed by atoms with Crippen LogP contribution >= 0.6 is 0 Å². The topological polar surface area (TPSA) is 186 Å². The van der Waals surface area contributed by atoms with E-state index in [9.17, 15) is 39.6 Å². The summed E-state index contributed by atoms with van der Waals surface area (Å²) in [5.74, 6) is -3.97. The van der Waals surface area contributed by atoms with Crippen LogP contribution in [0.3, 0.4) is 0 Å². The van der Waals surface area contributed by atoms with Crippen molar-refractivity contribution in [1.29, 1.82) is 0 Å². The number of esters is 1. The molecule has 2 saturated carbocycles. The molecule has 2 bridgehead atoms. The fourth-order valence-corrected chi connectivity index (χ4v) is 9.85. The lowest BCUT2D eigenvalue weighted by molar-refractivity contribution is -0.190. The highest BCUT2D eigenvalue weighted by atomic mass is 16.6. The highest BCUT2D eigenvalue weighted by Crippen LogP contribution is 2.71. The predicted molar refractivity (Wildman–Crippen MR) is 206 cm³/mol. The van der Waals surface area contributed by atoms with E-state index in [1.165, 1.54) is 30.3 Å². The largest absolute Gasteiger partial charge is 0.507 e. The summed E-state index contributed by atoms with van der Waals surface area (Å²) < 4.78 is 6.07. The van der Waals surface area contributed by atoms with E-state index < -0.39 is 65.2 Å². The lowest BCUT2D eigenvalue weighted by atomic mass is 9.59. The fourth-order valence-electron chi connectivity index (χ4n) is 9.85. The van der Waals surface area contributed by atoms with Gasteiger partial charge in [-0.3, -0.25) is 14.4 Å². The van der Waals surface area contributed by atoms with Crippen molar-refractivity contribution in [2.75, 3.05) is 36.2 Å². The Morgan fingerprint density at radius 1 is 0.927 bits per heavy atom. The molecule has 2 fully saturated rings. The molecule has 3 aromatic carbocycles. The smallest absolute Gasteiger partial charge is 0.340 e. The van der Waals surface area contributed by atoms with E-state index >= 15 is 0 Å². The molecule has 288 valence electrons. The number of nitrogens with zero attached hydrogens (tertiary/aromatic N) is 1. The van der Waals surface area contributed by atoms with Crippen LogP contribution in [-0.2, 0) is 9.53 Å². The molecule has 12 heteroatoms. The third-order valence-electron chi connectivity index (χ3n) is 12.7. The molecule has 0 aliphatic heterocycles. The molecule has 8 atom stereocenters. The van der Waals surface area contributed by atoms with Crippen molar-refractivity contribution in [3.8, 4) is 5.75 Å². The Bertz CT molecular complexity index is 2170. The standard InChI is InChI=1S/C43H47N3O9/c1-22-20-42-23(2)18-28-34(41(28,3)4)27(36(42)50)19-24(21-47)35(49)43(42,54)37(22)55-40(53)25-12-7-9-14-29(25)44-39(52)33-30(15-11-17-32(33)48)45-38(51)26-13-8-10-16-31(26)46(5)6/h7-17,19-20,23,27-28,34-35,37,47-49,54H,18,21H2,1-6H3,(H,44,52)(H,45,51). The number of aliphatic hydroxyl groups excluding tert-OH is 2. The van der Waals surface area contributed by atoms with Crippen LogP contribution in [0.5, 0.6) is 5.75 Å². The number of allylic oxidation sites excluding steroid dienone is 1. The first-order valence-corrected chi connectivity index (χ1v) is 18.5. The third-order valence-corrected chi connectivity index (χ3v) is 12.7. The summed E-state index contributed by atoms with van der Waals surface area (Å²) in [7, 11) is 3.59. The van der Waals surface area contributed by atoms with Crippen molar-refractivity contribution >= 4 is 40.6 Å². The zero-order valence-corrected chi connectivity index (χ0v) is 31.7. The van der Waals surface area contributed by atoms with Gasteiger partial charge in [0, 0.05) is 25.7 Å². The molecule has 1 spiro atoms. The summed E-state index contributed by atoms with van der Waals surface area (Å²) >= 11 is 0. The number of aliphatic hydroxyl groups is 3. The quantitative estimate of drug-likeness (QED) is 0.136. The number of ether oxygens (including phenoxy) is 1. The Morgan fingerprint density at radius 2 is 1.56 bits per heavy atom. The lowest BCUT2D eigenvalue weighted by Crippen LogP contribution is -2.65. The van der Waals surface area contributed by atoms with Gasteiger partial charge < -0.3 is 40.7 Å². The van der Waals surface area contributed by atoms with Gasteiger partial charge in [-0.25, -0.2) is 4.79 Å². The second-order valence-electron chi connectivity index (χ2n) is 16.2. The van der Waals surface area contributed by atoms with E-state index in [1.54, 1.807) is 74.5 Å². The van der Waals surface area contributed by atoms with Crippen molar-refractivity contribution in [1.82, 2.24) is 0 Å². The maximum atomic E-state index is 14.7. The first kappa shape index (κ1) is 38.0. The van der Waals surface area contributed by atoms with Crippen LogP contribution in [0.1, 0.15) is 65.2 Å². The summed E-state index contributed by atoms with van der Waals surface area (Å²) in [5.41, 5.74) is -3.02. The molecule has 3 aromatic rings. The molecule has 7 rings (SSSR count). The van der Waals surface area contributed by atoms with E-state index in [2.05, 4.69) is 24.5 Å². The van der Waals surface area contributed by atoms with Gasteiger partial charge in [0.05, 0.1) is 34.5 Å². The van der Waals surface area contributed by atoms with E-state index in [1.807, 2.05) is 6.92 Å². The van der Waals surface area contributed by atoms with Crippen LogP contribution in [0.2, 0.25) is 0 Å². The van der Waals surface area contributed by atoms with Crippen LogP contribution in [0.15, 0.2) is 90.0 Å². The Hall–Kier alpha value is -5.30. The van der Waals surface area contributed by atoms with Crippen molar-refractivity contribution in [2.24, 2.45) is 34.5 Å². The number of fused-ring (bicyclic) bond motifs is 3. The highest BCUT2D eigenvalue weighted by molar-refractivity contribution is 6.16. The van der Waals surface area contributed by atoms with Gasteiger partial charge in [0.25, 0.3) is 11.8 Å². The lowest BCUT2D eigenvalue weighted by Gasteiger charge is -2.48. The van der Waals surface area contributed by atoms with Gasteiger partial charge in [-0.15, -0.1) is 0 Å². The minimum Gasteiger partial charge on any atom is -0.507 e. The van der Waals surface area contributed by atoms with Crippen LogP contribution in [0, 0.1) is 34.5 Å². The number of Topliss-reactive ketones (excluding diaryl/α,β-unsaturated/α-hetero) is 1. The zero-order chi connectivity index (χ0) is 39.8. The molecular weight excluding hydrogens is 702 g/mol. The first-order chi connectivity index (χ1) is 26.0. The zero-order valence-electron chi connectivity index (χ0n) is 31.7. The van der Waals surface area contributed by atoms with Crippen LogP contribution in [-0.4, -0.2) is 82.5 Å². The van der Waals surface area contributed by atoms with Gasteiger partial charge in [0.15, 0.2) is 17.5 Å². The minimum atomic E-state index is -2.35. The summed E-state index contributed by atoms with van der Waals surface area (Å²) in [6, 6.07) is 17.1. The van der Waals surface area contributed by atoms with E-state index in [0.717, 1.165) is 0 Å². The van der Waals surface area contributed by atoms with Crippen molar-refractivity contribution in [2.45, 2.75) is 51.9 Å². The van der Waals surface area contributed by atoms with Crippen molar-refractivity contribution < 1.29 is 44.3 Å². The van der Waals surface area contributed by atoms with Crippen molar-refractivity contribution in [3.05, 3.63) is 107 Å². The number of carbonyl (C=O) groups is 4. The maximum absolute atomic E-state index is 14.7. The van der Waals surface area contributed by atoms with Crippen LogP contribution < -0.4 is 15.5 Å². The Morgan fingerprint density at radius 3 is 2.25 bits per heavy atom. The van der Waals surface area contributed by atoms with Gasteiger partial charge in [0.2, 0.25) is 0 Å². The molecular formula is C43H47N3O9. The number of carbonyl (C=O) groups excluding carboxylic acids is 4. The average Bonchev–Trinajstić information content (AvgIpc) is 3.64. The summed E-state index contributed by atoms with van der Waals surface area (Å²) in [4.78, 5) is 57.9.